The summed E-state index contributed by atoms with van der Waals surface area (Å²) in [7, 11) is 0. The minimum Gasteiger partial charge on any atom is -0.460 e. The molecule has 0 saturated heterocycles. The van der Waals surface area contributed by atoms with E-state index in [9.17, 15) is 4.79 Å². The number of rotatable bonds is 4. The van der Waals surface area contributed by atoms with Gasteiger partial charge in [0.25, 0.3) is 0 Å². The Labute approximate surface area is 79.6 Å². The summed E-state index contributed by atoms with van der Waals surface area (Å²) in [5.41, 5.74) is 10.5. The lowest BCUT2D eigenvalue weighted by Crippen LogP contribution is -2.31. The highest BCUT2D eigenvalue weighted by Gasteiger charge is 2.17. The molecule has 0 aromatic heterocycles. The van der Waals surface area contributed by atoms with Crippen molar-refractivity contribution in [1.29, 1.82) is 0 Å². The van der Waals surface area contributed by atoms with Crippen LogP contribution in [0.4, 0.5) is 0 Å². The third-order valence-electron chi connectivity index (χ3n) is 1.39. The fourth-order valence-corrected chi connectivity index (χ4v) is 0.913. The normalized spacial score (nSPS) is 13.9. The second-order valence-electron chi connectivity index (χ2n) is 4.13. The SMILES string of the molecule is CC(C)(C)OC(=O)C[C@@H](N)CCN. The molecule has 0 bridgehead atoms. The van der Waals surface area contributed by atoms with Gasteiger partial charge in [-0.25, -0.2) is 0 Å². The number of carbonyl (C=O) groups is 1. The van der Waals surface area contributed by atoms with E-state index in [0.29, 0.717) is 13.0 Å². The molecule has 0 heterocycles. The average molecular weight is 188 g/mol. The Kier molecular flexibility index (Phi) is 4.95. The molecule has 0 aromatic carbocycles. The van der Waals surface area contributed by atoms with Gasteiger partial charge in [-0.05, 0) is 33.7 Å². The molecule has 1 atom stereocenters. The molecule has 0 rings (SSSR count). The summed E-state index contributed by atoms with van der Waals surface area (Å²) < 4.78 is 5.09. The van der Waals surface area contributed by atoms with Crippen molar-refractivity contribution in [2.75, 3.05) is 6.54 Å². The van der Waals surface area contributed by atoms with E-state index in [4.69, 9.17) is 16.2 Å². The molecule has 0 aromatic rings. The molecule has 4 heteroatoms. The lowest BCUT2D eigenvalue weighted by molar-refractivity contribution is -0.155. The first kappa shape index (κ1) is 12.4. The van der Waals surface area contributed by atoms with Crippen LogP contribution in [0.25, 0.3) is 0 Å². The molecular weight excluding hydrogens is 168 g/mol. The summed E-state index contributed by atoms with van der Waals surface area (Å²) in [5, 5.41) is 0. The highest BCUT2D eigenvalue weighted by Crippen LogP contribution is 2.09. The quantitative estimate of drug-likeness (QED) is 0.626. The Morgan fingerprint density at radius 1 is 1.46 bits per heavy atom. The summed E-state index contributed by atoms with van der Waals surface area (Å²) >= 11 is 0. The Morgan fingerprint density at radius 2 is 2.00 bits per heavy atom. The van der Waals surface area contributed by atoms with Gasteiger partial charge >= 0.3 is 5.97 Å². The zero-order chi connectivity index (χ0) is 10.5. The zero-order valence-electron chi connectivity index (χ0n) is 8.67. The predicted octanol–water partition coefficient (Wildman–Crippen LogP) is 0.394. The number of hydrogen-bond donors (Lipinski definition) is 2. The lowest BCUT2D eigenvalue weighted by atomic mass is 10.1. The first-order valence-corrected chi connectivity index (χ1v) is 4.52. The summed E-state index contributed by atoms with van der Waals surface area (Å²) in [6.45, 7) is 6.00. The Hall–Kier alpha value is -0.610. The minimum atomic E-state index is -0.431. The van der Waals surface area contributed by atoms with E-state index in [0.717, 1.165) is 0 Å². The summed E-state index contributed by atoms with van der Waals surface area (Å²) in [5.74, 6) is -0.256. The van der Waals surface area contributed by atoms with Crippen molar-refractivity contribution in [2.45, 2.75) is 45.3 Å². The molecule has 0 saturated carbocycles. The molecule has 0 radical (unpaired) electrons. The minimum absolute atomic E-state index is 0.181. The molecular formula is C9H20N2O2. The van der Waals surface area contributed by atoms with Gasteiger partial charge in [0.1, 0.15) is 5.60 Å². The number of hydrogen-bond acceptors (Lipinski definition) is 4. The predicted molar refractivity (Wildman–Crippen MR) is 52.1 cm³/mol. The molecule has 0 fully saturated rings. The topological polar surface area (TPSA) is 78.3 Å². The summed E-state index contributed by atoms with van der Waals surface area (Å²) in [6, 6.07) is -0.181. The van der Waals surface area contributed by atoms with Gasteiger partial charge in [0.2, 0.25) is 0 Å². The second kappa shape index (κ2) is 5.19. The highest BCUT2D eigenvalue weighted by molar-refractivity contribution is 5.70. The second-order valence-corrected chi connectivity index (χ2v) is 4.13. The number of nitrogens with two attached hydrogens (primary N) is 2. The molecule has 4 N–H and O–H groups in total. The Bertz CT molecular complexity index is 163. The maximum absolute atomic E-state index is 11.2. The third-order valence-corrected chi connectivity index (χ3v) is 1.39. The Morgan fingerprint density at radius 3 is 2.38 bits per heavy atom. The maximum atomic E-state index is 11.2. The van der Waals surface area contributed by atoms with Gasteiger partial charge in [-0.15, -0.1) is 0 Å². The highest BCUT2D eigenvalue weighted by atomic mass is 16.6. The van der Waals surface area contributed by atoms with Crippen LogP contribution in [-0.2, 0) is 9.53 Å². The molecule has 0 aliphatic heterocycles. The largest absolute Gasteiger partial charge is 0.460 e. The van der Waals surface area contributed by atoms with Crippen LogP contribution in [0, 0.1) is 0 Å². The number of ether oxygens (including phenoxy) is 1. The van der Waals surface area contributed by atoms with Gasteiger partial charge in [0.15, 0.2) is 0 Å². The van der Waals surface area contributed by atoms with E-state index >= 15 is 0 Å². The van der Waals surface area contributed by atoms with Crippen molar-refractivity contribution in [3.8, 4) is 0 Å². The van der Waals surface area contributed by atoms with Crippen LogP contribution >= 0.6 is 0 Å². The first-order chi connectivity index (χ1) is 5.85. The zero-order valence-corrected chi connectivity index (χ0v) is 8.67. The van der Waals surface area contributed by atoms with Crippen LogP contribution in [0.1, 0.15) is 33.6 Å². The smallest absolute Gasteiger partial charge is 0.307 e. The molecule has 0 aliphatic carbocycles. The van der Waals surface area contributed by atoms with Gasteiger partial charge in [-0.2, -0.15) is 0 Å². The first-order valence-electron chi connectivity index (χ1n) is 4.52. The van der Waals surface area contributed by atoms with Crippen molar-refractivity contribution >= 4 is 5.97 Å². The molecule has 0 amide bonds. The Balaban J connectivity index is 3.74. The van der Waals surface area contributed by atoms with Gasteiger partial charge < -0.3 is 16.2 Å². The molecule has 4 nitrogen and oxygen atoms in total. The van der Waals surface area contributed by atoms with E-state index in [1.807, 2.05) is 20.8 Å². The molecule has 78 valence electrons. The van der Waals surface area contributed by atoms with Crippen molar-refractivity contribution < 1.29 is 9.53 Å². The number of esters is 1. The van der Waals surface area contributed by atoms with Crippen molar-refractivity contribution in [3.05, 3.63) is 0 Å². The lowest BCUT2D eigenvalue weighted by Gasteiger charge is -2.20. The molecule has 13 heavy (non-hydrogen) atoms. The monoisotopic (exact) mass is 188 g/mol. The van der Waals surface area contributed by atoms with Crippen molar-refractivity contribution in [2.24, 2.45) is 11.5 Å². The van der Waals surface area contributed by atoms with Crippen LogP contribution in [-0.4, -0.2) is 24.2 Å². The third kappa shape index (κ3) is 7.74. The maximum Gasteiger partial charge on any atom is 0.307 e. The average Bonchev–Trinajstić information content (AvgIpc) is 1.81. The summed E-state index contributed by atoms with van der Waals surface area (Å²) in [4.78, 5) is 11.2. The van der Waals surface area contributed by atoms with E-state index in [-0.39, 0.29) is 18.4 Å². The molecule has 0 aliphatic rings. The van der Waals surface area contributed by atoms with Crippen LogP contribution in [0.2, 0.25) is 0 Å². The van der Waals surface area contributed by atoms with Gasteiger partial charge in [-0.3, -0.25) is 4.79 Å². The van der Waals surface area contributed by atoms with E-state index < -0.39 is 5.60 Å². The van der Waals surface area contributed by atoms with Crippen molar-refractivity contribution in [1.82, 2.24) is 0 Å². The van der Waals surface area contributed by atoms with Gasteiger partial charge in [0, 0.05) is 6.04 Å². The van der Waals surface area contributed by atoms with Gasteiger partial charge in [0.05, 0.1) is 6.42 Å². The van der Waals surface area contributed by atoms with E-state index in [1.54, 1.807) is 0 Å². The number of carbonyl (C=O) groups excluding carboxylic acids is 1. The van der Waals surface area contributed by atoms with Crippen LogP contribution < -0.4 is 11.5 Å². The fourth-order valence-electron chi connectivity index (χ4n) is 0.913. The molecule has 0 spiro atoms. The van der Waals surface area contributed by atoms with Crippen LogP contribution in [0.3, 0.4) is 0 Å². The molecule has 0 unspecified atom stereocenters. The van der Waals surface area contributed by atoms with E-state index in [1.165, 1.54) is 0 Å². The van der Waals surface area contributed by atoms with Gasteiger partial charge in [-0.1, -0.05) is 0 Å². The standard InChI is InChI=1S/C9H20N2O2/c1-9(2,3)13-8(12)6-7(11)4-5-10/h7H,4-6,10-11H2,1-3H3/t7-/m0/s1. The van der Waals surface area contributed by atoms with Crippen molar-refractivity contribution in [3.63, 3.8) is 0 Å². The van der Waals surface area contributed by atoms with Crippen LogP contribution in [0.5, 0.6) is 0 Å². The summed E-state index contributed by atoms with van der Waals surface area (Å²) in [6.07, 6.45) is 0.897. The fraction of sp³-hybridized carbons (Fsp3) is 0.889. The van der Waals surface area contributed by atoms with E-state index in [2.05, 4.69) is 0 Å². The van der Waals surface area contributed by atoms with Crippen LogP contribution in [0.15, 0.2) is 0 Å².